The molecule has 1 aliphatic heterocycles. The summed E-state index contributed by atoms with van der Waals surface area (Å²) in [6.45, 7) is 3.82. The molecule has 1 aromatic carbocycles. The number of rotatable bonds is 5. The second-order valence-corrected chi connectivity index (χ2v) is 5.77. The maximum atomic E-state index is 12.5. The zero-order chi connectivity index (χ0) is 15.5. The lowest BCUT2D eigenvalue weighted by Gasteiger charge is -2.22. The fourth-order valence-electron chi connectivity index (χ4n) is 2.42. The predicted molar refractivity (Wildman–Crippen MR) is 78.8 cm³/mol. The lowest BCUT2D eigenvalue weighted by molar-refractivity contribution is -0.119. The Morgan fingerprint density at radius 3 is 2.81 bits per heavy atom. The monoisotopic (exact) mass is 291 g/mol. The summed E-state index contributed by atoms with van der Waals surface area (Å²) < 4.78 is 5.22. The van der Waals surface area contributed by atoms with Gasteiger partial charge in [-0.05, 0) is 36.6 Å². The standard InChI is InChI=1S/C15H21N3O3/c1-15(9-16)5-6-18(10-15)14(20)11-3-2-4-12(7-11)21-8-13(17)19/h2-4,7H,5-6,8-10,16H2,1H3,(H2,17,19). The normalized spacial score (nSPS) is 21.3. The molecule has 1 saturated heterocycles. The van der Waals surface area contributed by atoms with Gasteiger partial charge in [0.2, 0.25) is 0 Å². The second-order valence-electron chi connectivity index (χ2n) is 5.77. The van der Waals surface area contributed by atoms with Crippen LogP contribution in [0.15, 0.2) is 24.3 Å². The van der Waals surface area contributed by atoms with E-state index in [4.69, 9.17) is 16.2 Å². The van der Waals surface area contributed by atoms with Crippen molar-refractivity contribution in [3.63, 3.8) is 0 Å². The number of benzene rings is 1. The average Bonchev–Trinajstić information content (AvgIpc) is 2.88. The van der Waals surface area contributed by atoms with Gasteiger partial charge in [-0.2, -0.15) is 0 Å². The van der Waals surface area contributed by atoms with Crippen molar-refractivity contribution in [3.8, 4) is 5.75 Å². The van der Waals surface area contributed by atoms with Crippen molar-refractivity contribution in [1.29, 1.82) is 0 Å². The van der Waals surface area contributed by atoms with Gasteiger partial charge >= 0.3 is 0 Å². The molecule has 2 rings (SSSR count). The van der Waals surface area contributed by atoms with E-state index in [2.05, 4.69) is 6.92 Å². The number of hydrogen-bond acceptors (Lipinski definition) is 4. The van der Waals surface area contributed by atoms with Crippen molar-refractivity contribution < 1.29 is 14.3 Å². The number of likely N-dealkylation sites (tertiary alicyclic amines) is 1. The van der Waals surface area contributed by atoms with E-state index in [1.165, 1.54) is 0 Å². The lowest BCUT2D eigenvalue weighted by atomic mass is 9.90. The number of primary amides is 1. The SMILES string of the molecule is CC1(CN)CCN(C(=O)c2cccc(OCC(N)=O)c2)C1. The smallest absolute Gasteiger partial charge is 0.255 e. The summed E-state index contributed by atoms with van der Waals surface area (Å²) in [4.78, 5) is 25.0. The fraction of sp³-hybridized carbons (Fsp3) is 0.467. The van der Waals surface area contributed by atoms with Crippen LogP contribution < -0.4 is 16.2 Å². The summed E-state index contributed by atoms with van der Waals surface area (Å²) >= 11 is 0. The maximum Gasteiger partial charge on any atom is 0.255 e. The summed E-state index contributed by atoms with van der Waals surface area (Å²) in [5.74, 6) is -0.137. The largest absolute Gasteiger partial charge is 0.484 e. The Bertz CT molecular complexity index is 547. The van der Waals surface area contributed by atoms with Crippen LogP contribution in [0.3, 0.4) is 0 Å². The molecular weight excluding hydrogens is 270 g/mol. The Kier molecular flexibility index (Phi) is 4.47. The topological polar surface area (TPSA) is 98.7 Å². The van der Waals surface area contributed by atoms with E-state index in [0.29, 0.717) is 30.9 Å². The van der Waals surface area contributed by atoms with Crippen LogP contribution in [-0.4, -0.2) is 43.0 Å². The molecule has 0 radical (unpaired) electrons. The van der Waals surface area contributed by atoms with E-state index in [-0.39, 0.29) is 17.9 Å². The Morgan fingerprint density at radius 2 is 2.19 bits per heavy atom. The molecule has 0 spiro atoms. The fourth-order valence-corrected chi connectivity index (χ4v) is 2.42. The average molecular weight is 291 g/mol. The van der Waals surface area contributed by atoms with Crippen molar-refractivity contribution in [3.05, 3.63) is 29.8 Å². The van der Waals surface area contributed by atoms with Gasteiger partial charge in [0.15, 0.2) is 6.61 Å². The van der Waals surface area contributed by atoms with Crippen molar-refractivity contribution in [1.82, 2.24) is 4.90 Å². The van der Waals surface area contributed by atoms with Crippen molar-refractivity contribution in [2.45, 2.75) is 13.3 Å². The minimum atomic E-state index is -0.551. The molecule has 1 heterocycles. The first-order chi connectivity index (χ1) is 9.93. The first-order valence-corrected chi connectivity index (χ1v) is 6.94. The number of nitrogens with zero attached hydrogens (tertiary/aromatic N) is 1. The van der Waals surface area contributed by atoms with Gasteiger partial charge in [-0.15, -0.1) is 0 Å². The van der Waals surface area contributed by atoms with Crippen LogP contribution in [0, 0.1) is 5.41 Å². The van der Waals surface area contributed by atoms with Gasteiger partial charge in [0, 0.05) is 18.7 Å². The predicted octanol–water partition coefficient (Wildman–Crippen LogP) is 0.362. The van der Waals surface area contributed by atoms with Crippen molar-refractivity contribution >= 4 is 11.8 Å². The number of hydrogen-bond donors (Lipinski definition) is 2. The molecule has 2 amide bonds. The van der Waals surface area contributed by atoms with Gasteiger partial charge < -0.3 is 21.1 Å². The Balaban J connectivity index is 2.06. The molecule has 114 valence electrons. The van der Waals surface area contributed by atoms with Gasteiger partial charge in [0.05, 0.1) is 0 Å². The van der Waals surface area contributed by atoms with Gasteiger partial charge in [0.25, 0.3) is 11.8 Å². The van der Waals surface area contributed by atoms with Crippen molar-refractivity contribution in [2.75, 3.05) is 26.2 Å². The number of ether oxygens (including phenoxy) is 1. The highest BCUT2D eigenvalue weighted by Gasteiger charge is 2.35. The molecule has 1 aromatic rings. The molecule has 1 fully saturated rings. The Morgan fingerprint density at radius 1 is 1.43 bits per heavy atom. The van der Waals surface area contributed by atoms with E-state index in [1.54, 1.807) is 29.2 Å². The van der Waals surface area contributed by atoms with Crippen LogP contribution in [0.2, 0.25) is 0 Å². The van der Waals surface area contributed by atoms with Crippen molar-refractivity contribution in [2.24, 2.45) is 16.9 Å². The molecule has 0 aliphatic carbocycles. The molecular formula is C15H21N3O3. The number of nitrogens with two attached hydrogens (primary N) is 2. The Hall–Kier alpha value is -2.08. The van der Waals surface area contributed by atoms with Crippen LogP contribution >= 0.6 is 0 Å². The summed E-state index contributed by atoms with van der Waals surface area (Å²) in [6, 6.07) is 6.77. The van der Waals surface area contributed by atoms with Gasteiger partial charge in [-0.1, -0.05) is 13.0 Å². The molecule has 6 nitrogen and oxygen atoms in total. The molecule has 1 unspecified atom stereocenters. The van der Waals surface area contributed by atoms with E-state index in [1.807, 2.05) is 0 Å². The summed E-state index contributed by atoms with van der Waals surface area (Å²) in [5, 5.41) is 0. The highest BCUT2D eigenvalue weighted by atomic mass is 16.5. The first kappa shape index (κ1) is 15.3. The van der Waals surface area contributed by atoms with E-state index in [9.17, 15) is 9.59 Å². The minimum absolute atomic E-state index is 0.00423. The highest BCUT2D eigenvalue weighted by molar-refractivity contribution is 5.94. The molecule has 0 saturated carbocycles. The van der Waals surface area contributed by atoms with Crippen LogP contribution in [0.25, 0.3) is 0 Å². The van der Waals surface area contributed by atoms with Crippen LogP contribution in [0.1, 0.15) is 23.7 Å². The molecule has 21 heavy (non-hydrogen) atoms. The van der Waals surface area contributed by atoms with Gasteiger partial charge in [-0.25, -0.2) is 0 Å². The third-order valence-corrected chi connectivity index (χ3v) is 3.80. The van der Waals surface area contributed by atoms with E-state index >= 15 is 0 Å². The van der Waals surface area contributed by atoms with Gasteiger partial charge in [-0.3, -0.25) is 9.59 Å². The summed E-state index contributed by atoms with van der Waals surface area (Å²) in [7, 11) is 0. The quantitative estimate of drug-likeness (QED) is 0.818. The van der Waals surface area contributed by atoms with Crippen LogP contribution in [-0.2, 0) is 4.79 Å². The van der Waals surface area contributed by atoms with Crippen LogP contribution in [0.4, 0.5) is 0 Å². The molecule has 0 aromatic heterocycles. The highest BCUT2D eigenvalue weighted by Crippen LogP contribution is 2.29. The molecule has 4 N–H and O–H groups in total. The second kappa shape index (κ2) is 6.13. The maximum absolute atomic E-state index is 12.5. The van der Waals surface area contributed by atoms with E-state index < -0.39 is 5.91 Å². The summed E-state index contributed by atoms with van der Waals surface area (Å²) in [5.41, 5.74) is 11.3. The third kappa shape index (κ3) is 3.72. The lowest BCUT2D eigenvalue weighted by Crippen LogP contribution is -2.34. The Labute approximate surface area is 124 Å². The van der Waals surface area contributed by atoms with Gasteiger partial charge in [0.1, 0.15) is 5.75 Å². The zero-order valence-electron chi connectivity index (χ0n) is 12.2. The number of carbonyl (C=O) groups excluding carboxylic acids is 2. The van der Waals surface area contributed by atoms with Crippen LogP contribution in [0.5, 0.6) is 5.75 Å². The first-order valence-electron chi connectivity index (χ1n) is 6.94. The van der Waals surface area contributed by atoms with E-state index in [0.717, 1.165) is 6.42 Å². The molecule has 6 heteroatoms. The molecule has 1 aliphatic rings. The minimum Gasteiger partial charge on any atom is -0.484 e. The molecule has 0 bridgehead atoms. The summed E-state index contributed by atoms with van der Waals surface area (Å²) in [6.07, 6.45) is 0.910. The third-order valence-electron chi connectivity index (χ3n) is 3.80. The number of amides is 2. The molecule has 1 atom stereocenters. The number of carbonyl (C=O) groups is 2. The zero-order valence-corrected chi connectivity index (χ0v) is 12.2.